The van der Waals surface area contributed by atoms with Crippen LogP contribution in [0.15, 0.2) is 84.9 Å². The minimum Gasteiger partial charge on any atom is -0.508 e. The Bertz CT molecular complexity index is 1310. The van der Waals surface area contributed by atoms with Gasteiger partial charge < -0.3 is 19.7 Å². The van der Waals surface area contributed by atoms with Crippen LogP contribution in [0.1, 0.15) is 38.8 Å². The van der Waals surface area contributed by atoms with Crippen molar-refractivity contribution < 1.29 is 24.5 Å². The second-order valence-corrected chi connectivity index (χ2v) is 9.90. The third-order valence-electron chi connectivity index (χ3n) is 6.07. The molecule has 0 bridgehead atoms. The number of phenolic OH excluding ortho intramolecular Hbond substituents is 2. The van der Waals surface area contributed by atoms with E-state index in [9.17, 15) is 15.0 Å². The molecule has 0 saturated heterocycles. The maximum atomic E-state index is 12.9. The smallest absolute Gasteiger partial charge is 0.141 e. The van der Waals surface area contributed by atoms with Crippen LogP contribution >= 0.6 is 0 Å². The van der Waals surface area contributed by atoms with E-state index in [0.29, 0.717) is 11.1 Å². The van der Waals surface area contributed by atoms with Crippen molar-refractivity contribution >= 4 is 5.78 Å². The predicted octanol–water partition coefficient (Wildman–Crippen LogP) is 7.36. The normalized spacial score (nSPS) is 11.1. The maximum Gasteiger partial charge on any atom is 0.141 e. The number of carbonyl (C=O) groups excluding carboxylic acids is 1. The van der Waals surface area contributed by atoms with Gasteiger partial charge in [-0.05, 0) is 63.1 Å². The average molecular weight is 511 g/mol. The molecule has 0 atom stereocenters. The van der Waals surface area contributed by atoms with Gasteiger partial charge in [-0.25, -0.2) is 0 Å². The van der Waals surface area contributed by atoms with Gasteiger partial charge in [0.2, 0.25) is 0 Å². The Morgan fingerprint density at radius 1 is 0.632 bits per heavy atom. The Morgan fingerprint density at radius 3 is 1.39 bits per heavy atom. The van der Waals surface area contributed by atoms with Crippen molar-refractivity contribution in [2.45, 2.75) is 52.7 Å². The number of carbonyl (C=O) groups is 1. The van der Waals surface area contributed by atoms with E-state index in [1.54, 1.807) is 24.3 Å². The molecule has 0 heterocycles. The highest BCUT2D eigenvalue weighted by molar-refractivity contribution is 5.85. The Morgan fingerprint density at radius 2 is 1.03 bits per heavy atom. The van der Waals surface area contributed by atoms with Crippen LogP contribution < -0.4 is 9.47 Å². The third kappa shape index (κ3) is 6.54. The molecule has 0 unspecified atom stereocenters. The van der Waals surface area contributed by atoms with Crippen molar-refractivity contribution in [3.63, 3.8) is 0 Å². The zero-order chi connectivity index (χ0) is 27.2. The monoisotopic (exact) mass is 510 g/mol. The summed E-state index contributed by atoms with van der Waals surface area (Å²) in [6.45, 7) is 7.87. The van der Waals surface area contributed by atoms with E-state index in [-0.39, 0.29) is 42.3 Å². The average Bonchev–Trinajstić information content (AvgIpc) is 2.86. The number of phenols is 2. The Hall–Kier alpha value is -4.25. The van der Waals surface area contributed by atoms with E-state index in [4.69, 9.17) is 9.47 Å². The van der Waals surface area contributed by atoms with Crippen molar-refractivity contribution in [3.05, 3.63) is 96.1 Å². The van der Waals surface area contributed by atoms with E-state index in [2.05, 4.69) is 0 Å². The Kier molecular flexibility index (Phi) is 8.37. The van der Waals surface area contributed by atoms with Crippen molar-refractivity contribution in [1.29, 1.82) is 0 Å². The molecule has 0 aliphatic carbocycles. The molecule has 0 saturated carbocycles. The van der Waals surface area contributed by atoms with Gasteiger partial charge in [0.15, 0.2) is 0 Å². The summed E-state index contributed by atoms with van der Waals surface area (Å²) in [5, 5.41) is 21.4. The molecule has 196 valence electrons. The van der Waals surface area contributed by atoms with Gasteiger partial charge in [-0.2, -0.15) is 0 Å². The van der Waals surface area contributed by atoms with E-state index < -0.39 is 0 Å². The lowest BCUT2D eigenvalue weighted by atomic mass is 9.96. The number of aromatic hydroxyl groups is 2. The van der Waals surface area contributed by atoms with Gasteiger partial charge in [-0.3, -0.25) is 4.79 Å². The molecule has 4 rings (SSSR count). The van der Waals surface area contributed by atoms with Gasteiger partial charge in [0.05, 0.1) is 12.2 Å². The molecule has 5 nitrogen and oxygen atoms in total. The number of rotatable bonds is 10. The number of para-hydroxylation sites is 2. The number of ketones is 1. The molecule has 2 N–H and O–H groups in total. The fraction of sp³-hybridized carbons (Fsp3) is 0.242. The van der Waals surface area contributed by atoms with Crippen LogP contribution in [0.25, 0.3) is 22.3 Å². The minimum absolute atomic E-state index is 0.0234. The molecule has 0 aliphatic heterocycles. The quantitative estimate of drug-likeness (QED) is 0.233. The molecular formula is C33H34O5. The van der Waals surface area contributed by atoms with Gasteiger partial charge in [0.25, 0.3) is 0 Å². The van der Waals surface area contributed by atoms with Crippen LogP contribution in [0.3, 0.4) is 0 Å². The van der Waals surface area contributed by atoms with Crippen LogP contribution in [0, 0.1) is 0 Å². The van der Waals surface area contributed by atoms with Crippen LogP contribution in [0.5, 0.6) is 23.0 Å². The van der Waals surface area contributed by atoms with Crippen molar-refractivity contribution in [1.82, 2.24) is 0 Å². The zero-order valence-corrected chi connectivity index (χ0v) is 22.3. The van der Waals surface area contributed by atoms with Gasteiger partial charge in [-0.15, -0.1) is 0 Å². The first-order chi connectivity index (χ1) is 18.2. The topological polar surface area (TPSA) is 76.0 Å². The number of hydrogen-bond donors (Lipinski definition) is 2. The standard InChI is InChI=1S/C33H34O5/c1-21(2)37-32-11-7-5-9-28(32)23-13-15-25(30(35)19-23)17-27(34)18-26-16-14-24(20-31(26)36)29-10-6-8-12-33(29)38-22(3)4/h5-16,19-22,35-36H,17-18H2,1-4H3. The summed E-state index contributed by atoms with van der Waals surface area (Å²) in [7, 11) is 0. The summed E-state index contributed by atoms with van der Waals surface area (Å²) in [4.78, 5) is 12.9. The molecule has 0 aromatic heterocycles. The lowest BCUT2D eigenvalue weighted by Crippen LogP contribution is -2.08. The van der Waals surface area contributed by atoms with Gasteiger partial charge in [-0.1, -0.05) is 60.7 Å². The lowest BCUT2D eigenvalue weighted by Gasteiger charge is -2.15. The van der Waals surface area contributed by atoms with Crippen LogP contribution in [0.2, 0.25) is 0 Å². The summed E-state index contributed by atoms with van der Waals surface area (Å²) in [6.07, 6.45) is 0.163. The second-order valence-electron chi connectivity index (χ2n) is 9.90. The van der Waals surface area contributed by atoms with Crippen LogP contribution in [-0.4, -0.2) is 28.2 Å². The number of benzene rings is 4. The highest BCUT2D eigenvalue weighted by Gasteiger charge is 2.15. The molecule has 0 fully saturated rings. The summed E-state index contributed by atoms with van der Waals surface area (Å²) >= 11 is 0. The van der Waals surface area contributed by atoms with Crippen LogP contribution in [0.4, 0.5) is 0 Å². The van der Waals surface area contributed by atoms with Crippen molar-refractivity contribution in [2.24, 2.45) is 0 Å². The highest BCUT2D eigenvalue weighted by Crippen LogP contribution is 2.35. The third-order valence-corrected chi connectivity index (χ3v) is 6.07. The molecule has 0 radical (unpaired) electrons. The molecule has 4 aromatic rings. The summed E-state index contributed by atoms with van der Waals surface area (Å²) < 4.78 is 11.8. The molecule has 4 aromatic carbocycles. The summed E-state index contributed by atoms with van der Waals surface area (Å²) in [5.74, 6) is 1.47. The number of ether oxygens (including phenoxy) is 2. The highest BCUT2D eigenvalue weighted by atomic mass is 16.5. The minimum atomic E-state index is -0.108. The van der Waals surface area contributed by atoms with E-state index >= 15 is 0 Å². The molecule has 0 spiro atoms. The van der Waals surface area contributed by atoms with E-state index in [1.165, 1.54) is 0 Å². The van der Waals surface area contributed by atoms with Crippen LogP contribution in [-0.2, 0) is 17.6 Å². The predicted molar refractivity (Wildman–Crippen MR) is 151 cm³/mol. The fourth-order valence-electron chi connectivity index (χ4n) is 4.37. The Labute approximate surface area is 224 Å². The maximum absolute atomic E-state index is 12.9. The zero-order valence-electron chi connectivity index (χ0n) is 22.3. The first kappa shape index (κ1) is 26.8. The van der Waals surface area contributed by atoms with Crippen molar-refractivity contribution in [2.75, 3.05) is 0 Å². The summed E-state index contributed by atoms with van der Waals surface area (Å²) in [5.41, 5.74) is 4.45. The van der Waals surface area contributed by atoms with Gasteiger partial charge in [0, 0.05) is 35.1 Å². The van der Waals surface area contributed by atoms with Crippen molar-refractivity contribution in [3.8, 4) is 45.3 Å². The number of hydrogen-bond acceptors (Lipinski definition) is 5. The fourth-order valence-corrected chi connectivity index (χ4v) is 4.37. The van der Waals surface area contributed by atoms with E-state index in [1.807, 2.05) is 88.4 Å². The molecule has 0 aliphatic rings. The molecule has 38 heavy (non-hydrogen) atoms. The molecule has 5 heteroatoms. The molecule has 0 amide bonds. The lowest BCUT2D eigenvalue weighted by molar-refractivity contribution is -0.117. The second kappa shape index (κ2) is 11.9. The molecular weight excluding hydrogens is 476 g/mol. The van der Waals surface area contributed by atoms with E-state index in [0.717, 1.165) is 33.8 Å². The SMILES string of the molecule is CC(C)Oc1ccccc1-c1ccc(CC(=O)Cc2ccc(-c3ccccc3OC(C)C)cc2O)c(O)c1. The number of Topliss-reactive ketones (excluding diaryl/α,β-unsaturated/α-hetero) is 1. The Balaban J connectivity index is 1.48. The largest absolute Gasteiger partial charge is 0.508 e. The van der Waals surface area contributed by atoms with Gasteiger partial charge >= 0.3 is 0 Å². The first-order valence-electron chi connectivity index (χ1n) is 12.9. The summed E-state index contributed by atoms with van der Waals surface area (Å²) in [6, 6.07) is 26.0. The van der Waals surface area contributed by atoms with Gasteiger partial charge in [0.1, 0.15) is 28.8 Å². The first-order valence-corrected chi connectivity index (χ1v) is 12.9.